The van der Waals surface area contributed by atoms with Crippen molar-refractivity contribution in [2.45, 2.75) is 0 Å². The molecule has 0 bridgehead atoms. The Morgan fingerprint density at radius 1 is 1.05 bits per heavy atom. The van der Waals surface area contributed by atoms with Crippen LogP contribution in [0.4, 0.5) is 0 Å². The van der Waals surface area contributed by atoms with Gasteiger partial charge in [0.25, 0.3) is 0 Å². The van der Waals surface area contributed by atoms with E-state index >= 15 is 0 Å². The van der Waals surface area contributed by atoms with E-state index < -0.39 is 5.97 Å². The first-order valence-electron chi connectivity index (χ1n) is 6.05. The molecule has 1 N–H and O–H groups in total. The summed E-state index contributed by atoms with van der Waals surface area (Å²) >= 11 is 0. The zero-order valence-electron chi connectivity index (χ0n) is 10.5. The summed E-state index contributed by atoms with van der Waals surface area (Å²) in [6.07, 6.45) is 3.33. The number of carbonyl (C=O) groups is 1. The van der Waals surface area contributed by atoms with Gasteiger partial charge in [-0.05, 0) is 30.3 Å². The minimum Gasteiger partial charge on any atom is -0.476 e. The zero-order valence-corrected chi connectivity index (χ0v) is 10.5. The molecule has 1 aromatic carbocycles. The van der Waals surface area contributed by atoms with Crippen molar-refractivity contribution < 1.29 is 9.90 Å². The van der Waals surface area contributed by atoms with Gasteiger partial charge in [0.2, 0.25) is 0 Å². The maximum Gasteiger partial charge on any atom is 0.356 e. The van der Waals surface area contributed by atoms with Gasteiger partial charge in [-0.25, -0.2) is 9.48 Å². The van der Waals surface area contributed by atoms with E-state index in [0.29, 0.717) is 0 Å². The molecule has 5 heteroatoms. The number of para-hydroxylation sites is 1. The van der Waals surface area contributed by atoms with Gasteiger partial charge >= 0.3 is 5.97 Å². The van der Waals surface area contributed by atoms with Crippen molar-refractivity contribution in [1.29, 1.82) is 0 Å². The predicted molar refractivity (Wildman–Crippen MR) is 73.8 cm³/mol. The molecule has 0 aliphatic heterocycles. The lowest BCUT2D eigenvalue weighted by atomic mass is 10.2. The molecule has 0 aliphatic rings. The number of nitrogens with zero attached hydrogens (tertiary/aromatic N) is 3. The normalized spacial score (nSPS) is 10.4. The van der Waals surface area contributed by atoms with E-state index in [1.54, 1.807) is 23.1 Å². The van der Waals surface area contributed by atoms with Gasteiger partial charge in [-0.3, -0.25) is 4.98 Å². The van der Waals surface area contributed by atoms with Crippen molar-refractivity contribution >= 4 is 5.97 Å². The molecule has 0 radical (unpaired) electrons. The smallest absolute Gasteiger partial charge is 0.356 e. The minimum absolute atomic E-state index is 0.0145. The van der Waals surface area contributed by atoms with E-state index in [1.165, 1.54) is 0 Å². The lowest BCUT2D eigenvalue weighted by Gasteiger charge is -2.06. The molecule has 98 valence electrons. The Balaban J connectivity index is 2.20. The fraction of sp³-hybridized carbons (Fsp3) is 0. The fourth-order valence-corrected chi connectivity index (χ4v) is 1.98. The third kappa shape index (κ3) is 2.16. The first-order chi connectivity index (χ1) is 9.75. The second-order valence-corrected chi connectivity index (χ2v) is 4.20. The second kappa shape index (κ2) is 4.97. The average molecular weight is 265 g/mol. The number of hydrogen-bond acceptors (Lipinski definition) is 3. The Labute approximate surface area is 115 Å². The van der Waals surface area contributed by atoms with Crippen LogP contribution in [0.25, 0.3) is 16.9 Å². The standard InChI is InChI=1S/C15H11N3O2/c19-15(20)13-10-14(11-6-8-16-9-7-11)18(17-13)12-4-2-1-3-5-12/h1-10H,(H,19,20). The van der Waals surface area contributed by atoms with Gasteiger partial charge in [0.15, 0.2) is 5.69 Å². The molecule has 0 spiro atoms. The average Bonchev–Trinajstić information content (AvgIpc) is 2.94. The van der Waals surface area contributed by atoms with Crippen LogP contribution in [-0.4, -0.2) is 25.8 Å². The van der Waals surface area contributed by atoms with Crippen LogP contribution in [0.1, 0.15) is 10.5 Å². The molecular formula is C15H11N3O2. The Kier molecular flexibility index (Phi) is 3.01. The number of hydrogen-bond donors (Lipinski definition) is 1. The van der Waals surface area contributed by atoms with Crippen LogP contribution in [0.5, 0.6) is 0 Å². The summed E-state index contributed by atoms with van der Waals surface area (Å²) in [5.74, 6) is -1.05. The van der Waals surface area contributed by atoms with Gasteiger partial charge in [0, 0.05) is 18.0 Å². The van der Waals surface area contributed by atoms with Crippen molar-refractivity contribution in [1.82, 2.24) is 14.8 Å². The van der Waals surface area contributed by atoms with Crippen LogP contribution >= 0.6 is 0 Å². The van der Waals surface area contributed by atoms with Gasteiger partial charge in [-0.2, -0.15) is 5.10 Å². The molecule has 0 unspecified atom stereocenters. The molecule has 5 nitrogen and oxygen atoms in total. The van der Waals surface area contributed by atoms with E-state index in [4.69, 9.17) is 5.11 Å². The maximum atomic E-state index is 11.1. The summed E-state index contributed by atoms with van der Waals surface area (Å²) in [5, 5.41) is 13.3. The number of rotatable bonds is 3. The molecule has 2 heterocycles. The minimum atomic E-state index is -1.05. The summed E-state index contributed by atoms with van der Waals surface area (Å²) in [6.45, 7) is 0. The van der Waals surface area contributed by atoms with Crippen molar-refractivity contribution in [2.24, 2.45) is 0 Å². The highest BCUT2D eigenvalue weighted by molar-refractivity contribution is 5.87. The van der Waals surface area contributed by atoms with E-state index in [-0.39, 0.29) is 5.69 Å². The van der Waals surface area contributed by atoms with E-state index in [9.17, 15) is 4.79 Å². The molecule has 0 saturated carbocycles. The predicted octanol–water partition coefficient (Wildman–Crippen LogP) is 2.63. The van der Waals surface area contributed by atoms with Gasteiger partial charge in [0.05, 0.1) is 11.4 Å². The van der Waals surface area contributed by atoms with Crippen LogP contribution in [-0.2, 0) is 0 Å². The number of carboxylic acid groups (broad SMARTS) is 1. The highest BCUT2D eigenvalue weighted by atomic mass is 16.4. The second-order valence-electron chi connectivity index (χ2n) is 4.20. The van der Waals surface area contributed by atoms with Crippen LogP contribution in [0.15, 0.2) is 60.9 Å². The highest BCUT2D eigenvalue weighted by Gasteiger charge is 2.15. The van der Waals surface area contributed by atoms with Crippen molar-refractivity contribution in [3.63, 3.8) is 0 Å². The van der Waals surface area contributed by atoms with Gasteiger partial charge < -0.3 is 5.11 Å². The summed E-state index contributed by atoms with van der Waals surface area (Å²) in [7, 11) is 0. The zero-order chi connectivity index (χ0) is 13.9. The first-order valence-corrected chi connectivity index (χ1v) is 6.05. The van der Waals surface area contributed by atoms with Crippen molar-refractivity contribution in [3.05, 3.63) is 66.6 Å². The topological polar surface area (TPSA) is 68.0 Å². The van der Waals surface area contributed by atoms with E-state index in [0.717, 1.165) is 16.9 Å². The molecule has 0 saturated heterocycles. The van der Waals surface area contributed by atoms with E-state index in [2.05, 4.69) is 10.1 Å². The summed E-state index contributed by atoms with van der Waals surface area (Å²) < 4.78 is 1.62. The fourth-order valence-electron chi connectivity index (χ4n) is 1.98. The molecule has 3 rings (SSSR count). The molecule has 0 atom stereocenters. The van der Waals surface area contributed by atoms with Crippen molar-refractivity contribution in [3.8, 4) is 16.9 Å². The lowest BCUT2D eigenvalue weighted by molar-refractivity contribution is 0.0690. The van der Waals surface area contributed by atoms with Crippen LogP contribution in [0.3, 0.4) is 0 Å². The Bertz CT molecular complexity index is 679. The monoisotopic (exact) mass is 265 g/mol. The SMILES string of the molecule is O=C(O)c1cc(-c2ccncc2)n(-c2ccccc2)n1. The summed E-state index contributed by atoms with van der Waals surface area (Å²) in [6, 6.07) is 14.6. The molecule has 0 fully saturated rings. The number of pyridine rings is 1. The van der Waals surface area contributed by atoms with Gasteiger partial charge in [-0.15, -0.1) is 0 Å². The van der Waals surface area contributed by atoms with Crippen LogP contribution in [0.2, 0.25) is 0 Å². The number of carboxylic acids is 1. The largest absolute Gasteiger partial charge is 0.476 e. The van der Waals surface area contributed by atoms with Crippen LogP contribution < -0.4 is 0 Å². The Hall–Kier alpha value is -2.95. The van der Waals surface area contributed by atoms with Gasteiger partial charge in [-0.1, -0.05) is 18.2 Å². The summed E-state index contributed by atoms with van der Waals surface area (Å²) in [5.41, 5.74) is 2.41. The van der Waals surface area contributed by atoms with Gasteiger partial charge in [0.1, 0.15) is 0 Å². The van der Waals surface area contributed by atoms with E-state index in [1.807, 2.05) is 42.5 Å². The third-order valence-electron chi connectivity index (χ3n) is 2.91. The molecule has 3 aromatic rings. The molecular weight excluding hydrogens is 254 g/mol. The Morgan fingerprint density at radius 3 is 2.40 bits per heavy atom. The molecule has 20 heavy (non-hydrogen) atoms. The third-order valence-corrected chi connectivity index (χ3v) is 2.91. The molecule has 0 amide bonds. The molecule has 2 aromatic heterocycles. The van der Waals surface area contributed by atoms with Crippen LogP contribution in [0, 0.1) is 0 Å². The Morgan fingerprint density at radius 2 is 1.75 bits per heavy atom. The number of aromatic nitrogens is 3. The number of benzene rings is 1. The lowest BCUT2D eigenvalue weighted by Crippen LogP contribution is -2.02. The first kappa shape index (κ1) is 12.1. The summed E-state index contributed by atoms with van der Waals surface area (Å²) in [4.78, 5) is 15.1. The molecule has 0 aliphatic carbocycles. The highest BCUT2D eigenvalue weighted by Crippen LogP contribution is 2.23. The number of aromatic carboxylic acids is 1. The van der Waals surface area contributed by atoms with Crippen molar-refractivity contribution in [2.75, 3.05) is 0 Å². The quantitative estimate of drug-likeness (QED) is 0.790. The maximum absolute atomic E-state index is 11.1.